The topological polar surface area (TPSA) is 104 Å². The second-order valence-electron chi connectivity index (χ2n) is 7.88. The van der Waals surface area contributed by atoms with Crippen LogP contribution in [0.4, 0.5) is 5.69 Å². The van der Waals surface area contributed by atoms with Gasteiger partial charge >= 0.3 is 0 Å². The molecule has 8 heteroatoms. The summed E-state index contributed by atoms with van der Waals surface area (Å²) in [7, 11) is 1.92. The Morgan fingerprint density at radius 1 is 1.16 bits per heavy atom. The van der Waals surface area contributed by atoms with Crippen molar-refractivity contribution in [2.45, 2.75) is 25.9 Å². The number of hydrogen-bond donors (Lipinski definition) is 2. The molecule has 0 bridgehead atoms. The summed E-state index contributed by atoms with van der Waals surface area (Å²) >= 11 is 0. The first-order chi connectivity index (χ1) is 15.0. The zero-order valence-electron chi connectivity index (χ0n) is 17.4. The third-order valence-electron chi connectivity index (χ3n) is 5.76. The number of nitrogens with one attached hydrogen (secondary N) is 1. The Kier molecular flexibility index (Phi) is 4.54. The molecule has 0 saturated carbocycles. The quantitative estimate of drug-likeness (QED) is 0.534. The maximum atomic E-state index is 11.4. The van der Waals surface area contributed by atoms with Crippen LogP contribution in [0, 0.1) is 6.92 Å². The molecule has 8 nitrogen and oxygen atoms in total. The number of aryl methyl sites for hydroxylation is 3. The smallest absolute Gasteiger partial charge is 0.248 e. The van der Waals surface area contributed by atoms with Gasteiger partial charge in [0.05, 0.1) is 23.6 Å². The molecular formula is C23H23N7O. The van der Waals surface area contributed by atoms with Gasteiger partial charge in [-0.05, 0) is 54.8 Å². The molecule has 31 heavy (non-hydrogen) atoms. The molecule has 1 amide bonds. The molecule has 156 valence electrons. The lowest BCUT2D eigenvalue weighted by molar-refractivity contribution is 0.100. The molecule has 3 N–H and O–H groups in total. The van der Waals surface area contributed by atoms with Gasteiger partial charge in [0.15, 0.2) is 0 Å². The molecule has 2 aromatic heterocycles. The highest BCUT2D eigenvalue weighted by Crippen LogP contribution is 2.39. The van der Waals surface area contributed by atoms with Crippen molar-refractivity contribution < 1.29 is 4.79 Å². The lowest BCUT2D eigenvalue weighted by Crippen LogP contribution is -2.14. The van der Waals surface area contributed by atoms with Crippen LogP contribution in [0.5, 0.6) is 0 Å². The van der Waals surface area contributed by atoms with E-state index < -0.39 is 5.91 Å². The van der Waals surface area contributed by atoms with Gasteiger partial charge in [-0.3, -0.25) is 9.48 Å². The molecule has 3 heterocycles. The van der Waals surface area contributed by atoms with Gasteiger partial charge in [0.2, 0.25) is 5.91 Å². The van der Waals surface area contributed by atoms with E-state index in [1.54, 1.807) is 16.8 Å². The number of fused-ring (bicyclic) bond motifs is 3. The highest BCUT2D eigenvalue weighted by molar-refractivity contribution is 5.93. The maximum Gasteiger partial charge on any atom is 0.248 e. The molecule has 0 fully saturated rings. The summed E-state index contributed by atoms with van der Waals surface area (Å²) in [5.74, 6) is -0.430. The number of rotatable bonds is 4. The Bertz CT molecular complexity index is 1270. The molecule has 1 aliphatic heterocycles. The van der Waals surface area contributed by atoms with E-state index in [1.807, 2.05) is 43.2 Å². The van der Waals surface area contributed by atoms with Crippen molar-refractivity contribution in [3.8, 4) is 22.4 Å². The minimum absolute atomic E-state index is 0.0622. The van der Waals surface area contributed by atoms with Crippen molar-refractivity contribution in [2.75, 3.05) is 5.32 Å². The standard InChI is InChI=1S/C23H23N7O/c1-14-22-19-8-5-16(17-12-25-29(2)13-17)11-20(19)21(9-10-30(22)28-27-14)26-18-6-3-15(4-7-18)23(24)31/h3-8,11-13,21,26H,9-10H2,1-2H3,(H2,24,31). The largest absolute Gasteiger partial charge is 0.378 e. The van der Waals surface area contributed by atoms with Crippen LogP contribution in [0.2, 0.25) is 0 Å². The number of anilines is 1. The minimum atomic E-state index is -0.430. The Morgan fingerprint density at radius 3 is 2.68 bits per heavy atom. The first-order valence-electron chi connectivity index (χ1n) is 10.2. The Balaban J connectivity index is 1.58. The minimum Gasteiger partial charge on any atom is -0.378 e. The van der Waals surface area contributed by atoms with E-state index in [4.69, 9.17) is 5.73 Å². The fourth-order valence-corrected chi connectivity index (χ4v) is 4.20. The first kappa shape index (κ1) is 19.0. The van der Waals surface area contributed by atoms with Crippen LogP contribution in [0.15, 0.2) is 54.9 Å². The van der Waals surface area contributed by atoms with E-state index in [0.29, 0.717) is 5.56 Å². The van der Waals surface area contributed by atoms with Crippen molar-refractivity contribution in [1.29, 1.82) is 0 Å². The molecule has 1 unspecified atom stereocenters. The summed E-state index contributed by atoms with van der Waals surface area (Å²) in [5, 5.41) is 16.6. The second kappa shape index (κ2) is 7.39. The van der Waals surface area contributed by atoms with Gasteiger partial charge in [0.25, 0.3) is 0 Å². The zero-order valence-corrected chi connectivity index (χ0v) is 17.4. The predicted octanol–water partition coefficient (Wildman–Crippen LogP) is 3.31. The Labute approximate surface area is 179 Å². The second-order valence-corrected chi connectivity index (χ2v) is 7.88. The van der Waals surface area contributed by atoms with Crippen molar-refractivity contribution in [1.82, 2.24) is 24.8 Å². The number of aromatic nitrogens is 5. The summed E-state index contributed by atoms with van der Waals surface area (Å²) in [6, 6.07) is 13.8. The molecule has 1 aliphatic rings. The summed E-state index contributed by atoms with van der Waals surface area (Å²) < 4.78 is 3.79. The van der Waals surface area contributed by atoms with Gasteiger partial charge in [0.1, 0.15) is 0 Å². The molecule has 0 radical (unpaired) electrons. The first-order valence-corrected chi connectivity index (χ1v) is 10.2. The number of benzene rings is 2. The summed E-state index contributed by atoms with van der Waals surface area (Å²) in [6.45, 7) is 2.75. The van der Waals surface area contributed by atoms with E-state index in [1.165, 1.54) is 5.56 Å². The SMILES string of the molecule is Cc1nnn2c1-c1ccc(-c3cnn(C)c3)cc1C(Nc1ccc(C(N)=O)cc1)CC2. The summed E-state index contributed by atoms with van der Waals surface area (Å²) in [5.41, 5.74) is 13.3. The van der Waals surface area contributed by atoms with Gasteiger partial charge < -0.3 is 11.1 Å². The zero-order chi connectivity index (χ0) is 21.5. The van der Waals surface area contributed by atoms with Crippen molar-refractivity contribution in [2.24, 2.45) is 12.8 Å². The number of carbonyl (C=O) groups excluding carboxylic acids is 1. The lowest BCUT2D eigenvalue weighted by Gasteiger charge is -2.21. The maximum absolute atomic E-state index is 11.4. The fraction of sp³-hybridized carbons (Fsp3) is 0.217. The molecule has 1 atom stereocenters. The van der Waals surface area contributed by atoms with Crippen molar-refractivity contribution >= 4 is 11.6 Å². The average Bonchev–Trinajstić information content (AvgIpc) is 3.32. The number of hydrogen-bond acceptors (Lipinski definition) is 5. The highest BCUT2D eigenvalue weighted by Gasteiger charge is 2.26. The van der Waals surface area contributed by atoms with Crippen LogP contribution in [0.3, 0.4) is 0 Å². The predicted molar refractivity (Wildman–Crippen MR) is 118 cm³/mol. The van der Waals surface area contributed by atoms with E-state index >= 15 is 0 Å². The summed E-state index contributed by atoms with van der Waals surface area (Å²) in [6.07, 6.45) is 4.73. The van der Waals surface area contributed by atoms with E-state index in [9.17, 15) is 4.79 Å². The lowest BCUT2D eigenvalue weighted by atomic mass is 9.93. The van der Waals surface area contributed by atoms with Gasteiger partial charge in [-0.25, -0.2) is 4.68 Å². The van der Waals surface area contributed by atoms with Crippen LogP contribution < -0.4 is 11.1 Å². The molecule has 0 saturated heterocycles. The van der Waals surface area contributed by atoms with Gasteiger partial charge in [-0.15, -0.1) is 5.10 Å². The average molecular weight is 413 g/mol. The Morgan fingerprint density at radius 2 is 1.97 bits per heavy atom. The van der Waals surface area contributed by atoms with Crippen LogP contribution in [-0.4, -0.2) is 30.7 Å². The van der Waals surface area contributed by atoms with Crippen molar-refractivity contribution in [3.05, 3.63) is 71.7 Å². The molecule has 0 aliphatic carbocycles. The fourth-order valence-electron chi connectivity index (χ4n) is 4.20. The van der Waals surface area contributed by atoms with Crippen LogP contribution in [0.25, 0.3) is 22.4 Å². The molecule has 4 aromatic rings. The van der Waals surface area contributed by atoms with Crippen LogP contribution >= 0.6 is 0 Å². The number of carbonyl (C=O) groups is 1. The normalized spacial score (nSPS) is 15.1. The number of primary amides is 1. The highest BCUT2D eigenvalue weighted by atomic mass is 16.1. The van der Waals surface area contributed by atoms with Gasteiger partial charge in [-0.1, -0.05) is 17.3 Å². The summed E-state index contributed by atoms with van der Waals surface area (Å²) in [4.78, 5) is 11.4. The van der Waals surface area contributed by atoms with Gasteiger partial charge in [-0.2, -0.15) is 5.10 Å². The van der Waals surface area contributed by atoms with E-state index in [0.717, 1.165) is 46.7 Å². The van der Waals surface area contributed by atoms with E-state index in [-0.39, 0.29) is 6.04 Å². The molecule has 2 aromatic carbocycles. The number of amides is 1. The number of nitrogens with zero attached hydrogens (tertiary/aromatic N) is 5. The number of nitrogens with two attached hydrogens (primary N) is 1. The van der Waals surface area contributed by atoms with Crippen LogP contribution in [-0.2, 0) is 13.6 Å². The molecule has 0 spiro atoms. The molecular weight excluding hydrogens is 390 g/mol. The van der Waals surface area contributed by atoms with Crippen molar-refractivity contribution in [3.63, 3.8) is 0 Å². The monoisotopic (exact) mass is 413 g/mol. The van der Waals surface area contributed by atoms with Gasteiger partial charge in [0, 0.05) is 42.2 Å². The Hall–Kier alpha value is -3.94. The third-order valence-corrected chi connectivity index (χ3v) is 5.76. The molecule has 5 rings (SSSR count). The third kappa shape index (κ3) is 3.46. The van der Waals surface area contributed by atoms with Crippen LogP contribution in [0.1, 0.15) is 34.1 Å². The van der Waals surface area contributed by atoms with E-state index in [2.05, 4.69) is 38.9 Å².